The van der Waals surface area contributed by atoms with Crippen molar-refractivity contribution in [1.29, 1.82) is 0 Å². The van der Waals surface area contributed by atoms with Crippen molar-refractivity contribution in [2.45, 2.75) is 39.3 Å². The summed E-state index contributed by atoms with van der Waals surface area (Å²) in [5.41, 5.74) is 5.45. The SMILES string of the molecule is CC(C)CC(NC(=O)[C@H](C)N)C(=O)N(C)C. The Morgan fingerprint density at radius 1 is 1.25 bits per heavy atom. The lowest BCUT2D eigenvalue weighted by Gasteiger charge is -2.23. The topological polar surface area (TPSA) is 75.4 Å². The number of hydrogen-bond donors (Lipinski definition) is 2. The van der Waals surface area contributed by atoms with Crippen LogP contribution >= 0.6 is 0 Å². The quantitative estimate of drug-likeness (QED) is 0.694. The normalized spacial score (nSPS) is 14.4. The summed E-state index contributed by atoms with van der Waals surface area (Å²) in [5, 5.41) is 2.67. The van der Waals surface area contributed by atoms with Gasteiger partial charge in [-0.05, 0) is 19.3 Å². The van der Waals surface area contributed by atoms with E-state index in [-0.39, 0.29) is 11.8 Å². The van der Waals surface area contributed by atoms with Crippen molar-refractivity contribution in [1.82, 2.24) is 10.2 Å². The highest BCUT2D eigenvalue weighted by Crippen LogP contribution is 2.07. The maximum absolute atomic E-state index is 11.8. The molecule has 0 rings (SSSR count). The minimum absolute atomic E-state index is 0.0947. The molecule has 94 valence electrons. The molecule has 0 fully saturated rings. The van der Waals surface area contributed by atoms with Gasteiger partial charge in [0.2, 0.25) is 11.8 Å². The highest BCUT2D eigenvalue weighted by Gasteiger charge is 2.24. The fourth-order valence-electron chi connectivity index (χ4n) is 1.31. The number of nitrogens with one attached hydrogen (secondary N) is 1. The molecule has 0 aliphatic carbocycles. The standard InChI is InChI=1S/C11H23N3O2/c1-7(2)6-9(11(16)14(4)5)13-10(15)8(3)12/h7-9H,6,12H2,1-5H3,(H,13,15)/t8-,9?/m0/s1. The zero-order valence-corrected chi connectivity index (χ0v) is 10.8. The largest absolute Gasteiger partial charge is 0.347 e. The van der Waals surface area contributed by atoms with Crippen molar-refractivity contribution in [3.05, 3.63) is 0 Å². The number of carbonyl (C=O) groups is 2. The lowest BCUT2D eigenvalue weighted by molar-refractivity contribution is -0.135. The van der Waals surface area contributed by atoms with Gasteiger partial charge >= 0.3 is 0 Å². The number of rotatable bonds is 5. The fourth-order valence-corrected chi connectivity index (χ4v) is 1.31. The summed E-state index contributed by atoms with van der Waals surface area (Å²) in [6.07, 6.45) is 0.621. The fraction of sp³-hybridized carbons (Fsp3) is 0.818. The van der Waals surface area contributed by atoms with E-state index in [2.05, 4.69) is 5.32 Å². The van der Waals surface area contributed by atoms with E-state index in [4.69, 9.17) is 5.73 Å². The third-order valence-electron chi connectivity index (χ3n) is 2.18. The van der Waals surface area contributed by atoms with Crippen LogP contribution in [0.1, 0.15) is 27.2 Å². The Bertz CT molecular complexity index is 250. The molecule has 0 aromatic rings. The number of nitrogens with zero attached hydrogens (tertiary/aromatic N) is 1. The van der Waals surface area contributed by atoms with E-state index in [9.17, 15) is 9.59 Å². The van der Waals surface area contributed by atoms with E-state index >= 15 is 0 Å². The van der Waals surface area contributed by atoms with Gasteiger partial charge in [0, 0.05) is 14.1 Å². The molecule has 0 radical (unpaired) electrons. The first-order chi connectivity index (χ1) is 7.25. The summed E-state index contributed by atoms with van der Waals surface area (Å²) < 4.78 is 0. The van der Waals surface area contributed by atoms with Gasteiger partial charge in [0.1, 0.15) is 6.04 Å². The van der Waals surface area contributed by atoms with Gasteiger partial charge in [0.15, 0.2) is 0 Å². The Morgan fingerprint density at radius 3 is 2.06 bits per heavy atom. The van der Waals surface area contributed by atoms with E-state index in [1.807, 2.05) is 13.8 Å². The second-order valence-corrected chi connectivity index (χ2v) is 4.71. The lowest BCUT2D eigenvalue weighted by Crippen LogP contribution is -2.51. The van der Waals surface area contributed by atoms with Crippen molar-refractivity contribution in [2.75, 3.05) is 14.1 Å². The molecule has 0 saturated carbocycles. The van der Waals surface area contributed by atoms with Crippen LogP contribution in [0.25, 0.3) is 0 Å². The molecule has 2 amide bonds. The molecular weight excluding hydrogens is 206 g/mol. The molecule has 0 heterocycles. The average molecular weight is 229 g/mol. The van der Waals surface area contributed by atoms with Crippen LogP contribution in [0, 0.1) is 5.92 Å². The Hall–Kier alpha value is -1.10. The van der Waals surface area contributed by atoms with Gasteiger partial charge in [-0.15, -0.1) is 0 Å². The Morgan fingerprint density at radius 2 is 1.75 bits per heavy atom. The second-order valence-electron chi connectivity index (χ2n) is 4.71. The minimum Gasteiger partial charge on any atom is -0.347 e. The van der Waals surface area contributed by atoms with Crippen LogP contribution in [-0.2, 0) is 9.59 Å². The molecule has 0 spiro atoms. The first-order valence-electron chi connectivity index (χ1n) is 5.52. The van der Waals surface area contributed by atoms with Gasteiger partial charge in [0.05, 0.1) is 6.04 Å². The Kier molecular flexibility index (Phi) is 6.03. The molecule has 0 aliphatic heterocycles. The van der Waals surface area contributed by atoms with E-state index in [1.165, 1.54) is 4.90 Å². The van der Waals surface area contributed by atoms with Gasteiger partial charge in [-0.1, -0.05) is 13.8 Å². The van der Waals surface area contributed by atoms with Crippen LogP contribution in [-0.4, -0.2) is 42.9 Å². The summed E-state index contributed by atoms with van der Waals surface area (Å²) in [4.78, 5) is 24.7. The second kappa shape index (κ2) is 6.48. The number of nitrogens with two attached hydrogens (primary N) is 1. The highest BCUT2D eigenvalue weighted by atomic mass is 16.2. The molecule has 1 unspecified atom stereocenters. The smallest absolute Gasteiger partial charge is 0.244 e. The number of amides is 2. The van der Waals surface area contributed by atoms with Gasteiger partial charge < -0.3 is 16.0 Å². The van der Waals surface area contributed by atoms with E-state index in [1.54, 1.807) is 21.0 Å². The molecule has 0 saturated heterocycles. The third kappa shape index (κ3) is 5.11. The van der Waals surface area contributed by atoms with Crippen LogP contribution in [0.2, 0.25) is 0 Å². The molecule has 0 aromatic heterocycles. The van der Waals surface area contributed by atoms with Crippen molar-refractivity contribution >= 4 is 11.8 Å². The molecule has 5 heteroatoms. The van der Waals surface area contributed by atoms with Gasteiger partial charge in [-0.3, -0.25) is 9.59 Å². The van der Waals surface area contributed by atoms with E-state index < -0.39 is 12.1 Å². The molecule has 0 aromatic carbocycles. The molecule has 5 nitrogen and oxygen atoms in total. The Balaban J connectivity index is 4.55. The first-order valence-corrected chi connectivity index (χ1v) is 5.52. The summed E-state index contributed by atoms with van der Waals surface area (Å²) in [5.74, 6) is -0.0502. The summed E-state index contributed by atoms with van der Waals surface area (Å²) in [6.45, 7) is 5.61. The van der Waals surface area contributed by atoms with Gasteiger partial charge in [0.25, 0.3) is 0 Å². The number of carbonyl (C=O) groups excluding carboxylic acids is 2. The van der Waals surface area contributed by atoms with E-state index in [0.29, 0.717) is 12.3 Å². The summed E-state index contributed by atoms with van der Waals surface area (Å²) >= 11 is 0. The predicted molar refractivity (Wildman–Crippen MR) is 63.7 cm³/mol. The molecule has 0 bridgehead atoms. The van der Waals surface area contributed by atoms with Crippen LogP contribution in [0.4, 0.5) is 0 Å². The number of hydrogen-bond acceptors (Lipinski definition) is 3. The summed E-state index contributed by atoms with van der Waals surface area (Å²) in [7, 11) is 3.35. The van der Waals surface area contributed by atoms with Crippen molar-refractivity contribution in [3.63, 3.8) is 0 Å². The predicted octanol–water partition coefficient (Wildman–Crippen LogP) is -0.0473. The zero-order chi connectivity index (χ0) is 12.9. The maximum atomic E-state index is 11.8. The highest BCUT2D eigenvalue weighted by molar-refractivity contribution is 5.89. The molecule has 0 aliphatic rings. The third-order valence-corrected chi connectivity index (χ3v) is 2.18. The Labute approximate surface area is 97.4 Å². The lowest BCUT2D eigenvalue weighted by atomic mass is 10.0. The van der Waals surface area contributed by atoms with Crippen LogP contribution in [0.3, 0.4) is 0 Å². The minimum atomic E-state index is -0.593. The van der Waals surface area contributed by atoms with Crippen molar-refractivity contribution in [2.24, 2.45) is 11.7 Å². The monoisotopic (exact) mass is 229 g/mol. The van der Waals surface area contributed by atoms with Gasteiger partial charge in [-0.25, -0.2) is 0 Å². The van der Waals surface area contributed by atoms with Crippen LogP contribution < -0.4 is 11.1 Å². The molecular formula is C11H23N3O2. The van der Waals surface area contributed by atoms with Crippen molar-refractivity contribution in [3.8, 4) is 0 Å². The van der Waals surface area contributed by atoms with E-state index in [0.717, 1.165) is 0 Å². The first kappa shape index (κ1) is 14.9. The van der Waals surface area contributed by atoms with Crippen LogP contribution in [0.15, 0.2) is 0 Å². The van der Waals surface area contributed by atoms with Gasteiger partial charge in [-0.2, -0.15) is 0 Å². The molecule has 16 heavy (non-hydrogen) atoms. The zero-order valence-electron chi connectivity index (χ0n) is 10.8. The van der Waals surface area contributed by atoms with Crippen molar-refractivity contribution < 1.29 is 9.59 Å². The van der Waals surface area contributed by atoms with Crippen LogP contribution in [0.5, 0.6) is 0 Å². The molecule has 2 atom stereocenters. The summed E-state index contributed by atoms with van der Waals surface area (Å²) in [6, 6.07) is -1.07. The average Bonchev–Trinajstić information content (AvgIpc) is 2.14. The number of likely N-dealkylation sites (N-methyl/N-ethyl adjacent to an activating group) is 1. The molecule has 3 N–H and O–H groups in total. The maximum Gasteiger partial charge on any atom is 0.244 e.